The molecular formula is C15H13F4N. The minimum atomic E-state index is -1.17. The zero-order chi connectivity index (χ0) is 14.9. The highest BCUT2D eigenvalue weighted by atomic mass is 19.1. The number of hydrogen-bond donors (Lipinski definition) is 1. The van der Waals surface area contributed by atoms with Crippen molar-refractivity contribution < 1.29 is 17.6 Å². The summed E-state index contributed by atoms with van der Waals surface area (Å²) in [4.78, 5) is 0. The fourth-order valence-corrected chi connectivity index (χ4v) is 2.07. The minimum Gasteiger partial charge on any atom is -0.323 e. The van der Waals surface area contributed by atoms with Crippen molar-refractivity contribution in [1.29, 1.82) is 0 Å². The van der Waals surface area contributed by atoms with Gasteiger partial charge in [0.1, 0.15) is 23.3 Å². The van der Waals surface area contributed by atoms with E-state index >= 15 is 0 Å². The van der Waals surface area contributed by atoms with Gasteiger partial charge in [-0.1, -0.05) is 12.1 Å². The lowest BCUT2D eigenvalue weighted by molar-refractivity contribution is 0.500. The Morgan fingerprint density at radius 2 is 1.55 bits per heavy atom. The predicted octanol–water partition coefficient (Wildman–Crippen LogP) is 3.79. The molecule has 1 nitrogen and oxygen atoms in total. The third kappa shape index (κ3) is 2.67. The van der Waals surface area contributed by atoms with Gasteiger partial charge in [0.15, 0.2) is 0 Å². The van der Waals surface area contributed by atoms with E-state index in [4.69, 9.17) is 5.73 Å². The maximum absolute atomic E-state index is 13.9. The van der Waals surface area contributed by atoms with Crippen molar-refractivity contribution in [2.24, 2.45) is 5.73 Å². The molecule has 0 aliphatic rings. The van der Waals surface area contributed by atoms with Crippen LogP contribution in [0.4, 0.5) is 17.6 Å². The summed E-state index contributed by atoms with van der Waals surface area (Å²) >= 11 is 0. The number of benzene rings is 2. The molecule has 0 saturated heterocycles. The Bertz CT molecular complexity index is 620. The second kappa shape index (κ2) is 5.63. The Hall–Kier alpha value is -1.88. The molecule has 0 fully saturated rings. The quantitative estimate of drug-likeness (QED) is 0.852. The van der Waals surface area contributed by atoms with E-state index in [1.54, 1.807) is 0 Å². The van der Waals surface area contributed by atoms with Crippen molar-refractivity contribution in [2.75, 3.05) is 0 Å². The second-order valence-corrected chi connectivity index (χ2v) is 4.60. The van der Waals surface area contributed by atoms with E-state index in [-0.39, 0.29) is 23.1 Å². The molecule has 2 rings (SSSR count). The lowest BCUT2D eigenvalue weighted by Gasteiger charge is -2.16. The van der Waals surface area contributed by atoms with Crippen LogP contribution < -0.4 is 5.73 Å². The molecule has 0 spiro atoms. The van der Waals surface area contributed by atoms with Gasteiger partial charge in [-0.05, 0) is 37.1 Å². The van der Waals surface area contributed by atoms with E-state index in [2.05, 4.69) is 0 Å². The topological polar surface area (TPSA) is 26.0 Å². The largest absolute Gasteiger partial charge is 0.323 e. The van der Waals surface area contributed by atoms with Gasteiger partial charge in [-0.25, -0.2) is 17.6 Å². The molecule has 2 aromatic rings. The van der Waals surface area contributed by atoms with Crippen LogP contribution >= 0.6 is 0 Å². The number of halogens is 4. The van der Waals surface area contributed by atoms with Gasteiger partial charge >= 0.3 is 0 Å². The van der Waals surface area contributed by atoms with Crippen molar-refractivity contribution in [3.8, 4) is 0 Å². The third-order valence-electron chi connectivity index (χ3n) is 3.18. The summed E-state index contributed by atoms with van der Waals surface area (Å²) in [5.74, 6) is -3.17. The number of aryl methyl sites for hydroxylation is 1. The van der Waals surface area contributed by atoms with Crippen molar-refractivity contribution in [3.05, 3.63) is 70.3 Å². The molecule has 20 heavy (non-hydrogen) atoms. The van der Waals surface area contributed by atoms with Crippen molar-refractivity contribution >= 4 is 0 Å². The summed E-state index contributed by atoms with van der Waals surface area (Å²) in [6, 6.07) is 4.58. The molecule has 5 heteroatoms. The minimum absolute atomic E-state index is 0.228. The molecular weight excluding hydrogens is 270 g/mol. The van der Waals surface area contributed by atoms with Gasteiger partial charge in [-0.3, -0.25) is 0 Å². The predicted molar refractivity (Wildman–Crippen MR) is 68.1 cm³/mol. The first kappa shape index (κ1) is 14.5. The molecule has 0 heterocycles. The zero-order valence-corrected chi connectivity index (χ0v) is 10.8. The Balaban J connectivity index is 2.38. The van der Waals surface area contributed by atoms with Crippen molar-refractivity contribution in [1.82, 2.24) is 0 Å². The van der Waals surface area contributed by atoms with E-state index in [1.165, 1.54) is 19.1 Å². The van der Waals surface area contributed by atoms with Gasteiger partial charge in [0.2, 0.25) is 0 Å². The van der Waals surface area contributed by atoms with E-state index in [0.29, 0.717) is 0 Å². The fraction of sp³-hybridized carbons (Fsp3) is 0.200. The second-order valence-electron chi connectivity index (χ2n) is 4.60. The Morgan fingerprint density at radius 3 is 2.15 bits per heavy atom. The average Bonchev–Trinajstić information content (AvgIpc) is 2.39. The van der Waals surface area contributed by atoms with Gasteiger partial charge < -0.3 is 5.73 Å². The monoisotopic (exact) mass is 283 g/mol. The molecule has 0 aromatic heterocycles. The van der Waals surface area contributed by atoms with Crippen LogP contribution in [-0.4, -0.2) is 0 Å². The summed E-state index contributed by atoms with van der Waals surface area (Å²) in [7, 11) is 0. The summed E-state index contributed by atoms with van der Waals surface area (Å²) in [6.45, 7) is 1.47. The van der Waals surface area contributed by atoms with Crippen LogP contribution in [0, 0.1) is 30.2 Å². The van der Waals surface area contributed by atoms with Crippen LogP contribution in [0.3, 0.4) is 0 Å². The Morgan fingerprint density at radius 1 is 0.950 bits per heavy atom. The molecule has 1 atom stereocenters. The lowest BCUT2D eigenvalue weighted by atomic mass is 9.96. The third-order valence-corrected chi connectivity index (χ3v) is 3.18. The molecule has 2 aromatic carbocycles. The molecule has 0 radical (unpaired) electrons. The first-order chi connectivity index (χ1) is 9.41. The van der Waals surface area contributed by atoms with Gasteiger partial charge in [-0.2, -0.15) is 0 Å². The van der Waals surface area contributed by atoms with Crippen LogP contribution in [0.2, 0.25) is 0 Å². The normalized spacial score (nSPS) is 12.5. The van der Waals surface area contributed by atoms with Crippen LogP contribution in [0.1, 0.15) is 22.7 Å². The van der Waals surface area contributed by atoms with E-state index in [9.17, 15) is 17.6 Å². The van der Waals surface area contributed by atoms with E-state index in [0.717, 1.165) is 18.2 Å². The maximum Gasteiger partial charge on any atom is 0.133 e. The van der Waals surface area contributed by atoms with Crippen molar-refractivity contribution in [2.45, 2.75) is 19.4 Å². The van der Waals surface area contributed by atoms with Gasteiger partial charge in [0, 0.05) is 17.2 Å². The zero-order valence-electron chi connectivity index (χ0n) is 10.8. The molecule has 0 bridgehead atoms. The first-order valence-corrected chi connectivity index (χ1v) is 6.04. The average molecular weight is 283 g/mol. The van der Waals surface area contributed by atoms with Gasteiger partial charge in [0.05, 0.1) is 0 Å². The highest BCUT2D eigenvalue weighted by Gasteiger charge is 2.21. The van der Waals surface area contributed by atoms with Crippen molar-refractivity contribution in [3.63, 3.8) is 0 Å². The molecule has 0 amide bonds. The molecule has 0 aliphatic carbocycles. The maximum atomic E-state index is 13.9. The molecule has 2 N–H and O–H groups in total. The summed E-state index contributed by atoms with van der Waals surface area (Å²) < 4.78 is 54.6. The van der Waals surface area contributed by atoms with Crippen LogP contribution in [0.15, 0.2) is 30.3 Å². The standard InChI is InChI=1S/C15H13F4N/c1-8-5-6-12(18)14(15(8)19)13(20)7-9-10(16)3-2-4-11(9)17/h2-6,13H,7,20H2,1H3. The molecule has 106 valence electrons. The first-order valence-electron chi connectivity index (χ1n) is 6.04. The number of nitrogens with two attached hydrogens (primary N) is 1. The van der Waals surface area contributed by atoms with Gasteiger partial charge in [-0.15, -0.1) is 0 Å². The number of rotatable bonds is 3. The highest BCUT2D eigenvalue weighted by molar-refractivity contribution is 5.31. The fourth-order valence-electron chi connectivity index (χ4n) is 2.07. The summed E-state index contributed by atoms with van der Waals surface area (Å²) in [6.07, 6.45) is -0.324. The van der Waals surface area contributed by atoms with Crippen LogP contribution in [0.5, 0.6) is 0 Å². The van der Waals surface area contributed by atoms with E-state index < -0.39 is 29.3 Å². The molecule has 0 aliphatic heterocycles. The summed E-state index contributed by atoms with van der Waals surface area (Å²) in [5, 5.41) is 0. The van der Waals surface area contributed by atoms with Crippen LogP contribution in [0.25, 0.3) is 0 Å². The SMILES string of the molecule is Cc1ccc(F)c(C(N)Cc2c(F)cccc2F)c1F. The number of hydrogen-bond acceptors (Lipinski definition) is 1. The summed E-state index contributed by atoms with van der Waals surface area (Å²) in [5.41, 5.74) is 5.32. The van der Waals surface area contributed by atoms with Gasteiger partial charge in [0.25, 0.3) is 0 Å². The highest BCUT2D eigenvalue weighted by Crippen LogP contribution is 2.26. The van der Waals surface area contributed by atoms with E-state index in [1.807, 2.05) is 0 Å². The Kier molecular flexibility index (Phi) is 4.09. The lowest BCUT2D eigenvalue weighted by Crippen LogP contribution is -2.19. The Labute approximate surface area is 114 Å². The molecule has 0 saturated carbocycles. The smallest absolute Gasteiger partial charge is 0.133 e. The van der Waals surface area contributed by atoms with Crippen LogP contribution in [-0.2, 0) is 6.42 Å². The molecule has 1 unspecified atom stereocenters.